The van der Waals surface area contributed by atoms with E-state index < -0.39 is 12.0 Å². The molecule has 18 heavy (non-hydrogen) atoms. The Kier molecular flexibility index (Phi) is 6.54. The van der Waals surface area contributed by atoms with Crippen LogP contribution in [0.1, 0.15) is 51.9 Å². The van der Waals surface area contributed by atoms with Crippen molar-refractivity contribution in [2.45, 2.75) is 57.9 Å². The zero-order valence-electron chi connectivity index (χ0n) is 11.1. The van der Waals surface area contributed by atoms with Crippen molar-refractivity contribution in [3.63, 3.8) is 0 Å². The van der Waals surface area contributed by atoms with E-state index in [-0.39, 0.29) is 6.03 Å². The lowest BCUT2D eigenvalue weighted by molar-refractivity contribution is -0.139. The predicted molar refractivity (Wildman–Crippen MR) is 69.4 cm³/mol. The van der Waals surface area contributed by atoms with E-state index >= 15 is 0 Å². The molecule has 0 saturated heterocycles. The van der Waals surface area contributed by atoms with Gasteiger partial charge in [-0.05, 0) is 18.8 Å². The second-order valence-electron chi connectivity index (χ2n) is 4.99. The summed E-state index contributed by atoms with van der Waals surface area (Å²) in [5.41, 5.74) is 0. The van der Waals surface area contributed by atoms with E-state index in [1.165, 1.54) is 32.1 Å². The van der Waals surface area contributed by atoms with Gasteiger partial charge in [0.15, 0.2) is 0 Å². The third kappa shape index (κ3) is 5.38. The number of amides is 2. The molecule has 5 nitrogen and oxygen atoms in total. The molecule has 0 bridgehead atoms. The smallest absolute Gasteiger partial charge is 0.326 e. The number of aliphatic carboxylic acids is 1. The third-order valence-electron chi connectivity index (χ3n) is 3.57. The molecule has 5 heteroatoms. The standard InChI is InChI=1S/C13H24N2O3/c1-2-11(12(16)17)15-13(18)14-9-8-10-6-4-3-5-7-10/h10-11H,2-9H2,1H3,(H,16,17)(H2,14,15,18). The van der Waals surface area contributed by atoms with E-state index in [2.05, 4.69) is 10.6 Å². The molecular weight excluding hydrogens is 232 g/mol. The minimum absolute atomic E-state index is 0.375. The van der Waals surface area contributed by atoms with Crippen molar-refractivity contribution < 1.29 is 14.7 Å². The molecular formula is C13H24N2O3. The SMILES string of the molecule is CCC(NC(=O)NCCC1CCCCC1)C(=O)O. The average Bonchev–Trinajstić information content (AvgIpc) is 2.37. The lowest BCUT2D eigenvalue weighted by atomic mass is 9.87. The Labute approximate surface area is 108 Å². The van der Waals surface area contributed by atoms with Gasteiger partial charge in [0.25, 0.3) is 0 Å². The van der Waals surface area contributed by atoms with Gasteiger partial charge in [-0.25, -0.2) is 9.59 Å². The highest BCUT2D eigenvalue weighted by Gasteiger charge is 2.17. The topological polar surface area (TPSA) is 78.4 Å². The fourth-order valence-corrected chi connectivity index (χ4v) is 2.41. The normalized spacial score (nSPS) is 18.1. The highest BCUT2D eigenvalue weighted by Crippen LogP contribution is 2.25. The molecule has 0 heterocycles. The van der Waals surface area contributed by atoms with Crippen LogP contribution in [0.4, 0.5) is 4.79 Å². The molecule has 1 rings (SSSR count). The van der Waals surface area contributed by atoms with Crippen LogP contribution in [0.2, 0.25) is 0 Å². The first-order chi connectivity index (χ1) is 8.63. The van der Waals surface area contributed by atoms with Crippen molar-refractivity contribution >= 4 is 12.0 Å². The van der Waals surface area contributed by atoms with Crippen LogP contribution in [0.25, 0.3) is 0 Å². The van der Waals surface area contributed by atoms with Gasteiger partial charge in [-0.15, -0.1) is 0 Å². The number of carbonyl (C=O) groups is 2. The zero-order chi connectivity index (χ0) is 13.4. The molecule has 2 amide bonds. The van der Waals surface area contributed by atoms with Crippen LogP contribution in [-0.4, -0.2) is 29.7 Å². The van der Waals surface area contributed by atoms with Gasteiger partial charge in [-0.1, -0.05) is 39.0 Å². The van der Waals surface area contributed by atoms with E-state index in [0.717, 1.165) is 12.3 Å². The molecule has 1 atom stereocenters. The summed E-state index contributed by atoms with van der Waals surface area (Å²) >= 11 is 0. The molecule has 1 aliphatic carbocycles. The second kappa shape index (κ2) is 7.95. The van der Waals surface area contributed by atoms with Crippen LogP contribution in [-0.2, 0) is 4.79 Å². The van der Waals surface area contributed by atoms with Crippen molar-refractivity contribution in [3.05, 3.63) is 0 Å². The summed E-state index contributed by atoms with van der Waals surface area (Å²) in [6, 6.07) is -1.17. The second-order valence-corrected chi connectivity index (χ2v) is 4.99. The van der Waals surface area contributed by atoms with E-state index in [9.17, 15) is 9.59 Å². The summed E-state index contributed by atoms with van der Waals surface area (Å²) in [4.78, 5) is 22.2. The highest BCUT2D eigenvalue weighted by molar-refractivity contribution is 5.82. The van der Waals surface area contributed by atoms with Crippen LogP contribution in [0.15, 0.2) is 0 Å². The number of hydrogen-bond acceptors (Lipinski definition) is 2. The van der Waals surface area contributed by atoms with E-state index in [1.54, 1.807) is 6.92 Å². The Hall–Kier alpha value is -1.26. The molecule has 0 aromatic heterocycles. The van der Waals surface area contributed by atoms with Gasteiger partial charge in [-0.3, -0.25) is 0 Å². The first-order valence-electron chi connectivity index (χ1n) is 6.90. The average molecular weight is 256 g/mol. The van der Waals surface area contributed by atoms with Crippen LogP contribution in [0, 0.1) is 5.92 Å². The number of rotatable bonds is 6. The lowest BCUT2D eigenvalue weighted by Gasteiger charge is -2.21. The first-order valence-corrected chi connectivity index (χ1v) is 6.90. The number of nitrogens with one attached hydrogen (secondary N) is 2. The molecule has 104 valence electrons. The molecule has 0 aliphatic heterocycles. The Balaban J connectivity index is 2.14. The monoisotopic (exact) mass is 256 g/mol. The molecule has 0 aromatic carbocycles. The van der Waals surface area contributed by atoms with Crippen molar-refractivity contribution in [2.75, 3.05) is 6.54 Å². The number of urea groups is 1. The number of carboxylic acid groups (broad SMARTS) is 1. The van der Waals surface area contributed by atoms with Crippen molar-refractivity contribution in [3.8, 4) is 0 Å². The fraction of sp³-hybridized carbons (Fsp3) is 0.846. The van der Waals surface area contributed by atoms with Gasteiger partial charge in [0.1, 0.15) is 6.04 Å². The molecule has 0 spiro atoms. The van der Waals surface area contributed by atoms with Crippen LogP contribution < -0.4 is 10.6 Å². The van der Waals surface area contributed by atoms with Crippen LogP contribution >= 0.6 is 0 Å². The lowest BCUT2D eigenvalue weighted by Crippen LogP contribution is -2.46. The van der Waals surface area contributed by atoms with Crippen molar-refractivity contribution in [1.29, 1.82) is 0 Å². The first kappa shape index (κ1) is 14.8. The maximum absolute atomic E-state index is 11.5. The van der Waals surface area contributed by atoms with E-state index in [1.807, 2.05) is 0 Å². The summed E-state index contributed by atoms with van der Waals surface area (Å²) in [6.07, 6.45) is 7.84. The molecule has 0 radical (unpaired) electrons. The van der Waals surface area contributed by atoms with Gasteiger partial charge in [0, 0.05) is 6.54 Å². The molecule has 3 N–H and O–H groups in total. The summed E-state index contributed by atoms with van der Waals surface area (Å²) in [6.45, 7) is 2.37. The fourth-order valence-electron chi connectivity index (χ4n) is 2.41. The third-order valence-corrected chi connectivity index (χ3v) is 3.57. The maximum atomic E-state index is 11.5. The Morgan fingerprint density at radius 3 is 2.50 bits per heavy atom. The minimum Gasteiger partial charge on any atom is -0.480 e. The minimum atomic E-state index is -0.986. The van der Waals surface area contributed by atoms with E-state index in [0.29, 0.717) is 13.0 Å². The summed E-state index contributed by atoms with van der Waals surface area (Å²) in [5, 5.41) is 14.0. The quantitative estimate of drug-likeness (QED) is 0.681. The van der Waals surface area contributed by atoms with Crippen LogP contribution in [0.5, 0.6) is 0 Å². The van der Waals surface area contributed by atoms with Gasteiger partial charge >= 0.3 is 12.0 Å². The van der Waals surface area contributed by atoms with Crippen LogP contribution in [0.3, 0.4) is 0 Å². The van der Waals surface area contributed by atoms with Gasteiger partial charge < -0.3 is 15.7 Å². The molecule has 0 aromatic rings. The van der Waals surface area contributed by atoms with Gasteiger partial charge in [0.2, 0.25) is 0 Å². The Morgan fingerprint density at radius 2 is 1.94 bits per heavy atom. The zero-order valence-corrected chi connectivity index (χ0v) is 11.1. The number of hydrogen-bond donors (Lipinski definition) is 3. The molecule has 1 saturated carbocycles. The van der Waals surface area contributed by atoms with E-state index in [4.69, 9.17) is 5.11 Å². The molecule has 1 fully saturated rings. The molecule has 1 aliphatic rings. The largest absolute Gasteiger partial charge is 0.480 e. The van der Waals surface area contributed by atoms with Gasteiger partial charge in [0.05, 0.1) is 0 Å². The summed E-state index contributed by atoms with van der Waals surface area (Å²) < 4.78 is 0. The predicted octanol–water partition coefficient (Wildman–Crippen LogP) is 2.12. The summed E-state index contributed by atoms with van der Waals surface area (Å²) in [5.74, 6) is -0.263. The van der Waals surface area contributed by atoms with Gasteiger partial charge in [-0.2, -0.15) is 0 Å². The summed E-state index contributed by atoms with van der Waals surface area (Å²) in [7, 11) is 0. The van der Waals surface area contributed by atoms with Crippen molar-refractivity contribution in [1.82, 2.24) is 10.6 Å². The Morgan fingerprint density at radius 1 is 1.28 bits per heavy atom. The maximum Gasteiger partial charge on any atom is 0.326 e. The highest BCUT2D eigenvalue weighted by atomic mass is 16.4. The Bertz CT molecular complexity index is 275. The molecule has 1 unspecified atom stereocenters. The number of carbonyl (C=O) groups excluding carboxylic acids is 1. The number of carboxylic acids is 1. The van der Waals surface area contributed by atoms with Crippen molar-refractivity contribution in [2.24, 2.45) is 5.92 Å².